The number of benzene rings is 2. The van der Waals surface area contributed by atoms with E-state index in [4.69, 9.17) is 4.74 Å². The molecule has 7 heteroatoms. The van der Waals surface area contributed by atoms with Gasteiger partial charge in [0.2, 0.25) is 5.91 Å². The Bertz CT molecular complexity index is 1050. The molecule has 0 unspecified atom stereocenters. The number of carbonyl (C=O) groups is 2. The van der Waals surface area contributed by atoms with E-state index in [0.29, 0.717) is 39.0 Å². The summed E-state index contributed by atoms with van der Waals surface area (Å²) in [7, 11) is 2.07. The second-order valence-electron chi connectivity index (χ2n) is 10.3. The number of nitrogens with zero attached hydrogens (tertiary/aromatic N) is 3. The molecule has 0 N–H and O–H groups in total. The average molecular weight is 466 g/mol. The van der Waals surface area contributed by atoms with E-state index in [1.807, 2.05) is 41.3 Å². The van der Waals surface area contributed by atoms with E-state index >= 15 is 0 Å². The lowest BCUT2D eigenvalue weighted by Crippen LogP contribution is -2.51. The van der Waals surface area contributed by atoms with Gasteiger partial charge in [0.25, 0.3) is 0 Å². The molecule has 2 aromatic carbocycles. The molecule has 3 heterocycles. The molecule has 1 atom stereocenters. The maximum absolute atomic E-state index is 14.0. The fourth-order valence-electron chi connectivity index (χ4n) is 5.73. The third kappa shape index (κ3) is 4.53. The van der Waals surface area contributed by atoms with Gasteiger partial charge in [-0.25, -0.2) is 9.18 Å². The smallest absolute Gasteiger partial charge is 0.410 e. The third-order valence-corrected chi connectivity index (χ3v) is 7.69. The van der Waals surface area contributed by atoms with Gasteiger partial charge in [-0.1, -0.05) is 42.5 Å². The Kier molecular flexibility index (Phi) is 6.06. The summed E-state index contributed by atoms with van der Waals surface area (Å²) in [6.07, 6.45) is 2.34. The largest absolute Gasteiger partial charge is 0.439 e. The molecular formula is C27H32FN3O3. The zero-order chi connectivity index (χ0) is 23.8. The fourth-order valence-corrected chi connectivity index (χ4v) is 5.73. The maximum atomic E-state index is 14.0. The van der Waals surface area contributed by atoms with Crippen LogP contribution in [-0.4, -0.2) is 72.1 Å². The van der Waals surface area contributed by atoms with Crippen molar-refractivity contribution < 1.29 is 18.7 Å². The van der Waals surface area contributed by atoms with Crippen LogP contribution in [0.5, 0.6) is 0 Å². The van der Waals surface area contributed by atoms with Crippen molar-refractivity contribution in [2.24, 2.45) is 5.41 Å². The van der Waals surface area contributed by atoms with E-state index in [0.717, 1.165) is 37.1 Å². The Morgan fingerprint density at radius 3 is 2.44 bits per heavy atom. The molecule has 0 radical (unpaired) electrons. The van der Waals surface area contributed by atoms with Crippen molar-refractivity contribution in [1.29, 1.82) is 0 Å². The Balaban J connectivity index is 1.31. The second kappa shape index (κ2) is 9.02. The van der Waals surface area contributed by atoms with Crippen molar-refractivity contribution in [3.05, 3.63) is 71.5 Å². The summed E-state index contributed by atoms with van der Waals surface area (Å²) < 4.78 is 19.8. The maximum Gasteiger partial charge on any atom is 0.410 e. The lowest BCUT2D eigenvalue weighted by Gasteiger charge is -2.42. The zero-order valence-electron chi connectivity index (χ0n) is 19.7. The van der Waals surface area contributed by atoms with Crippen LogP contribution < -0.4 is 0 Å². The number of rotatable bonds is 5. The lowest BCUT2D eigenvalue weighted by molar-refractivity contribution is -0.144. The summed E-state index contributed by atoms with van der Waals surface area (Å²) in [4.78, 5) is 32.5. The highest BCUT2D eigenvalue weighted by Gasteiger charge is 2.53. The minimum Gasteiger partial charge on any atom is -0.439 e. The molecule has 3 aliphatic heterocycles. The van der Waals surface area contributed by atoms with Gasteiger partial charge in [-0.15, -0.1) is 0 Å². The minimum atomic E-state index is -0.646. The van der Waals surface area contributed by atoms with Gasteiger partial charge in [0, 0.05) is 19.5 Å². The molecule has 3 aliphatic rings. The molecule has 6 nitrogen and oxygen atoms in total. The Hall–Kier alpha value is -2.93. The number of hydrogen-bond donors (Lipinski definition) is 0. The molecule has 1 spiro atoms. The molecule has 5 rings (SSSR count). The van der Waals surface area contributed by atoms with Crippen molar-refractivity contribution in [2.75, 3.05) is 39.8 Å². The van der Waals surface area contributed by atoms with Gasteiger partial charge in [-0.2, -0.15) is 0 Å². The highest BCUT2D eigenvalue weighted by molar-refractivity contribution is 5.84. The predicted molar refractivity (Wildman–Crippen MR) is 127 cm³/mol. The van der Waals surface area contributed by atoms with Gasteiger partial charge < -0.3 is 14.5 Å². The quantitative estimate of drug-likeness (QED) is 0.676. The van der Waals surface area contributed by atoms with Crippen LogP contribution in [0, 0.1) is 11.2 Å². The number of piperidine rings is 1. The highest BCUT2D eigenvalue weighted by atomic mass is 19.1. The molecule has 0 aromatic heterocycles. The summed E-state index contributed by atoms with van der Waals surface area (Å²) >= 11 is 0. The molecule has 180 valence electrons. The van der Waals surface area contributed by atoms with Crippen LogP contribution in [0.2, 0.25) is 0 Å². The molecule has 3 saturated heterocycles. The van der Waals surface area contributed by atoms with Crippen LogP contribution in [-0.2, 0) is 22.5 Å². The zero-order valence-corrected chi connectivity index (χ0v) is 19.7. The molecule has 0 saturated carbocycles. The lowest BCUT2D eigenvalue weighted by atomic mass is 9.72. The van der Waals surface area contributed by atoms with E-state index in [1.54, 1.807) is 17.0 Å². The van der Waals surface area contributed by atoms with Crippen molar-refractivity contribution in [3.63, 3.8) is 0 Å². The van der Waals surface area contributed by atoms with Crippen LogP contribution >= 0.6 is 0 Å². The average Bonchev–Trinajstić information content (AvgIpc) is 3.37. The van der Waals surface area contributed by atoms with E-state index in [9.17, 15) is 14.0 Å². The molecule has 34 heavy (non-hydrogen) atoms. The van der Waals surface area contributed by atoms with Gasteiger partial charge in [0.1, 0.15) is 5.82 Å². The molecule has 2 amide bonds. The second-order valence-corrected chi connectivity index (χ2v) is 10.3. The Morgan fingerprint density at radius 1 is 0.971 bits per heavy atom. The normalized spacial score (nSPS) is 24.6. The Morgan fingerprint density at radius 2 is 1.71 bits per heavy atom. The van der Waals surface area contributed by atoms with Crippen molar-refractivity contribution in [2.45, 2.75) is 37.8 Å². The number of halogens is 1. The van der Waals surface area contributed by atoms with Gasteiger partial charge in [0.15, 0.2) is 5.60 Å². The van der Waals surface area contributed by atoms with E-state index in [1.165, 1.54) is 6.07 Å². The summed E-state index contributed by atoms with van der Waals surface area (Å²) in [5, 5.41) is 0. The Labute approximate surface area is 200 Å². The minimum absolute atomic E-state index is 0.110. The number of carbonyl (C=O) groups excluding carboxylic acids is 2. The van der Waals surface area contributed by atoms with E-state index in [2.05, 4.69) is 11.9 Å². The van der Waals surface area contributed by atoms with Gasteiger partial charge in [-0.05, 0) is 62.7 Å². The van der Waals surface area contributed by atoms with Crippen LogP contribution in [0.25, 0.3) is 0 Å². The first-order valence-corrected chi connectivity index (χ1v) is 12.1. The first kappa shape index (κ1) is 22.8. The first-order valence-electron chi connectivity index (χ1n) is 12.1. The van der Waals surface area contributed by atoms with Crippen LogP contribution in [0.15, 0.2) is 54.6 Å². The first-order chi connectivity index (χ1) is 16.4. The van der Waals surface area contributed by atoms with Crippen LogP contribution in [0.3, 0.4) is 0 Å². The molecule has 0 aliphatic carbocycles. The van der Waals surface area contributed by atoms with Crippen LogP contribution in [0.4, 0.5) is 9.18 Å². The summed E-state index contributed by atoms with van der Waals surface area (Å²) in [6.45, 7) is 3.66. The van der Waals surface area contributed by atoms with E-state index < -0.39 is 11.0 Å². The number of ether oxygens (including phenoxy) is 1. The van der Waals surface area contributed by atoms with Gasteiger partial charge in [0.05, 0.1) is 18.5 Å². The summed E-state index contributed by atoms with van der Waals surface area (Å²) in [6, 6.07) is 16.5. The molecule has 0 bridgehead atoms. The fraction of sp³-hybridized carbons (Fsp3) is 0.481. The topological polar surface area (TPSA) is 53.1 Å². The summed E-state index contributed by atoms with van der Waals surface area (Å²) in [5.74, 6) is -0.163. The van der Waals surface area contributed by atoms with Crippen molar-refractivity contribution in [3.8, 4) is 0 Å². The monoisotopic (exact) mass is 465 g/mol. The number of amides is 2. The number of likely N-dealkylation sites (tertiary alicyclic amines) is 2. The highest BCUT2D eigenvalue weighted by Crippen LogP contribution is 2.41. The van der Waals surface area contributed by atoms with Crippen molar-refractivity contribution in [1.82, 2.24) is 14.7 Å². The van der Waals surface area contributed by atoms with Gasteiger partial charge in [-0.3, -0.25) is 9.69 Å². The standard InChI is InChI=1S/C27H32FN3O3/c1-29-13-10-26(11-14-29,17-22-8-5-9-23(28)16-22)24(32)30-15-12-27(19-30)20-31(25(33)34-27)18-21-6-3-2-4-7-21/h2-9,16H,10-15,17-20H2,1H3/t27-/m1/s1. The molecule has 3 fully saturated rings. The van der Waals surface area contributed by atoms with Gasteiger partial charge >= 0.3 is 6.09 Å². The predicted octanol–water partition coefficient (Wildman–Crippen LogP) is 3.70. The van der Waals surface area contributed by atoms with Crippen LogP contribution in [0.1, 0.15) is 30.4 Å². The SMILES string of the molecule is CN1CCC(Cc2cccc(F)c2)(C(=O)N2CC[C@]3(CN(Cc4ccccc4)C(=O)O3)C2)CC1. The molecular weight excluding hydrogens is 433 g/mol. The third-order valence-electron chi connectivity index (χ3n) is 7.69. The summed E-state index contributed by atoms with van der Waals surface area (Å²) in [5.41, 5.74) is 0.710. The van der Waals surface area contributed by atoms with Crippen molar-refractivity contribution >= 4 is 12.0 Å². The molecule has 2 aromatic rings. The van der Waals surface area contributed by atoms with E-state index in [-0.39, 0.29) is 17.8 Å². The number of hydrogen-bond acceptors (Lipinski definition) is 4.